The third-order valence-electron chi connectivity index (χ3n) is 5.14. The Morgan fingerprint density at radius 1 is 1.38 bits per heavy atom. The fourth-order valence-corrected chi connectivity index (χ4v) is 4.65. The first-order valence-electron chi connectivity index (χ1n) is 10.3. The van der Waals surface area contributed by atoms with E-state index < -0.39 is 17.9 Å². The molecule has 1 atom stereocenters. The van der Waals surface area contributed by atoms with Gasteiger partial charge < -0.3 is 4.74 Å². The molecule has 1 unspecified atom stereocenters. The molecule has 2 heterocycles. The molecule has 3 aromatic rings. The number of nitrogens with one attached hydrogen (secondary N) is 1. The summed E-state index contributed by atoms with van der Waals surface area (Å²) in [6.07, 6.45) is 3.00. The van der Waals surface area contributed by atoms with Gasteiger partial charge >= 0.3 is 11.9 Å². The van der Waals surface area contributed by atoms with Crippen molar-refractivity contribution in [3.05, 3.63) is 80.2 Å². The van der Waals surface area contributed by atoms with Crippen LogP contribution in [0.5, 0.6) is 5.75 Å². The van der Waals surface area contributed by atoms with Crippen LogP contribution in [0.25, 0.3) is 17.0 Å². The number of rotatable bonds is 8. The standard InChI is InChI=1S/C23H19ClF3N3O3S/c1-2-3-4-18-19(34-21(28-18)13-5-7-14(8-6-13)23(25,26)27)12-32-15-9-10-16(17(24)11-15)20-29-22(31)33-30-20/h2,5-7,9-11,14H,1,3-4,8,12H2,(H,29,30,31). The molecule has 0 amide bonds. The van der Waals surface area contributed by atoms with Gasteiger partial charge in [0.25, 0.3) is 0 Å². The Kier molecular flexibility index (Phi) is 7.08. The maximum absolute atomic E-state index is 12.9. The van der Waals surface area contributed by atoms with Gasteiger partial charge in [-0.25, -0.2) is 9.78 Å². The number of aromatic amines is 1. The van der Waals surface area contributed by atoms with Crippen molar-refractivity contribution in [1.82, 2.24) is 15.1 Å². The van der Waals surface area contributed by atoms with E-state index in [0.29, 0.717) is 39.8 Å². The maximum atomic E-state index is 12.9. The minimum absolute atomic E-state index is 0.107. The molecule has 1 aromatic carbocycles. The van der Waals surface area contributed by atoms with Crippen LogP contribution in [0.4, 0.5) is 13.2 Å². The highest BCUT2D eigenvalue weighted by atomic mass is 35.5. The smallest absolute Gasteiger partial charge is 0.439 e. The normalized spacial score (nSPS) is 15.9. The first kappa shape index (κ1) is 24.0. The molecule has 0 saturated carbocycles. The van der Waals surface area contributed by atoms with Crippen LogP contribution < -0.4 is 10.5 Å². The van der Waals surface area contributed by atoms with Crippen molar-refractivity contribution in [2.24, 2.45) is 5.92 Å². The van der Waals surface area contributed by atoms with E-state index in [9.17, 15) is 18.0 Å². The highest BCUT2D eigenvalue weighted by molar-refractivity contribution is 7.12. The van der Waals surface area contributed by atoms with Crippen molar-refractivity contribution in [3.63, 3.8) is 0 Å². The molecule has 1 aliphatic rings. The van der Waals surface area contributed by atoms with E-state index in [-0.39, 0.29) is 18.9 Å². The van der Waals surface area contributed by atoms with Crippen molar-refractivity contribution in [1.29, 1.82) is 0 Å². The van der Waals surface area contributed by atoms with Gasteiger partial charge in [0.05, 0.1) is 21.5 Å². The van der Waals surface area contributed by atoms with Gasteiger partial charge in [-0.15, -0.1) is 17.9 Å². The lowest BCUT2D eigenvalue weighted by atomic mass is 9.96. The number of halogens is 4. The summed E-state index contributed by atoms with van der Waals surface area (Å²) >= 11 is 7.69. The average molecular weight is 510 g/mol. The first-order chi connectivity index (χ1) is 16.2. The number of aromatic nitrogens is 3. The maximum Gasteiger partial charge on any atom is 0.439 e. The molecule has 0 aliphatic heterocycles. The SMILES string of the molecule is C=CCCc1nc(C2=CCC(C(F)(F)F)C=C2)sc1COc1ccc(-c2noc(=O)[nH]2)c(Cl)c1. The Balaban J connectivity index is 1.50. The fraction of sp³-hybridized carbons (Fsp3) is 0.261. The Morgan fingerprint density at radius 3 is 2.82 bits per heavy atom. The molecule has 34 heavy (non-hydrogen) atoms. The molecule has 0 fully saturated rings. The highest BCUT2D eigenvalue weighted by Crippen LogP contribution is 2.37. The van der Waals surface area contributed by atoms with Crippen LogP contribution >= 0.6 is 22.9 Å². The molecular weight excluding hydrogens is 491 g/mol. The second kappa shape index (κ2) is 10.0. The third-order valence-corrected chi connectivity index (χ3v) is 6.57. The van der Waals surface area contributed by atoms with E-state index in [1.807, 2.05) is 0 Å². The lowest BCUT2D eigenvalue weighted by Crippen LogP contribution is -2.21. The highest BCUT2D eigenvalue weighted by Gasteiger charge is 2.38. The molecule has 1 aliphatic carbocycles. The number of ether oxygens (including phenoxy) is 1. The number of hydrogen-bond donors (Lipinski definition) is 1. The van der Waals surface area contributed by atoms with Gasteiger partial charge in [0.1, 0.15) is 17.4 Å². The minimum atomic E-state index is -4.25. The number of thiazole rings is 1. The van der Waals surface area contributed by atoms with E-state index >= 15 is 0 Å². The zero-order valence-electron chi connectivity index (χ0n) is 17.7. The van der Waals surface area contributed by atoms with Crippen LogP contribution in [0.1, 0.15) is 28.4 Å². The quantitative estimate of drug-likeness (QED) is 0.357. The van der Waals surface area contributed by atoms with Gasteiger partial charge in [0.15, 0.2) is 5.82 Å². The molecule has 178 valence electrons. The van der Waals surface area contributed by atoms with Gasteiger partial charge in [0.2, 0.25) is 0 Å². The molecule has 0 bridgehead atoms. The van der Waals surface area contributed by atoms with Crippen molar-refractivity contribution in [2.75, 3.05) is 0 Å². The third kappa shape index (κ3) is 5.51. The Hall–Kier alpha value is -3.11. The van der Waals surface area contributed by atoms with E-state index in [0.717, 1.165) is 10.6 Å². The Labute approximate surface area is 201 Å². The van der Waals surface area contributed by atoms with Gasteiger partial charge in [-0.1, -0.05) is 41.1 Å². The zero-order chi connectivity index (χ0) is 24.3. The Bertz CT molecular complexity index is 1310. The summed E-state index contributed by atoms with van der Waals surface area (Å²) in [4.78, 5) is 19.1. The minimum Gasteiger partial charge on any atom is -0.488 e. The summed E-state index contributed by atoms with van der Waals surface area (Å²) in [5, 5.41) is 4.59. The monoisotopic (exact) mass is 509 g/mol. The largest absolute Gasteiger partial charge is 0.488 e. The molecule has 0 spiro atoms. The lowest BCUT2D eigenvalue weighted by molar-refractivity contribution is -0.160. The first-order valence-corrected chi connectivity index (χ1v) is 11.5. The average Bonchev–Trinajstić information content (AvgIpc) is 3.42. The van der Waals surface area contributed by atoms with Crippen LogP contribution in [0.3, 0.4) is 0 Å². The summed E-state index contributed by atoms with van der Waals surface area (Å²) < 4.78 is 49.2. The van der Waals surface area contributed by atoms with Gasteiger partial charge in [-0.3, -0.25) is 9.51 Å². The summed E-state index contributed by atoms with van der Waals surface area (Å²) in [7, 11) is 0. The second-order valence-corrected chi connectivity index (χ2v) is 8.98. The molecule has 4 rings (SSSR count). The number of benzene rings is 1. The number of aryl methyl sites for hydroxylation is 1. The summed E-state index contributed by atoms with van der Waals surface area (Å²) in [5.74, 6) is -1.45. The summed E-state index contributed by atoms with van der Waals surface area (Å²) in [6, 6.07) is 4.93. The van der Waals surface area contributed by atoms with E-state index in [1.165, 1.54) is 23.5 Å². The van der Waals surface area contributed by atoms with Crippen molar-refractivity contribution >= 4 is 28.5 Å². The van der Waals surface area contributed by atoms with Crippen molar-refractivity contribution in [2.45, 2.75) is 32.0 Å². The molecule has 11 heteroatoms. The second-order valence-electron chi connectivity index (χ2n) is 7.49. The van der Waals surface area contributed by atoms with Crippen LogP contribution in [0.15, 0.2) is 58.4 Å². The number of alkyl halides is 3. The van der Waals surface area contributed by atoms with Crippen molar-refractivity contribution < 1.29 is 22.4 Å². The fourth-order valence-electron chi connectivity index (χ4n) is 3.35. The molecule has 0 radical (unpaired) electrons. The van der Waals surface area contributed by atoms with Gasteiger partial charge in [-0.05, 0) is 37.5 Å². The Morgan fingerprint density at radius 2 is 2.21 bits per heavy atom. The molecular formula is C23H19ClF3N3O3S. The van der Waals surface area contributed by atoms with E-state index in [2.05, 4.69) is 26.2 Å². The summed E-state index contributed by atoms with van der Waals surface area (Å²) in [5.41, 5.74) is 1.97. The number of allylic oxidation sites excluding steroid dienone is 5. The predicted molar refractivity (Wildman–Crippen MR) is 124 cm³/mol. The van der Waals surface area contributed by atoms with Gasteiger partial charge in [0, 0.05) is 11.1 Å². The molecule has 2 aromatic heterocycles. The topological polar surface area (TPSA) is 81.0 Å². The predicted octanol–water partition coefficient (Wildman–Crippen LogP) is 6.36. The number of nitrogens with zero attached hydrogens (tertiary/aromatic N) is 2. The molecule has 0 saturated heterocycles. The number of hydrogen-bond acceptors (Lipinski definition) is 6. The molecule has 1 N–H and O–H groups in total. The van der Waals surface area contributed by atoms with E-state index in [1.54, 1.807) is 30.4 Å². The zero-order valence-corrected chi connectivity index (χ0v) is 19.3. The van der Waals surface area contributed by atoms with Crippen molar-refractivity contribution in [3.8, 4) is 17.1 Å². The van der Waals surface area contributed by atoms with E-state index in [4.69, 9.17) is 16.3 Å². The van der Waals surface area contributed by atoms with Crippen LogP contribution in [0, 0.1) is 5.92 Å². The lowest BCUT2D eigenvalue weighted by Gasteiger charge is -2.18. The van der Waals surface area contributed by atoms with Crippen LogP contribution in [-0.4, -0.2) is 21.3 Å². The van der Waals surface area contributed by atoms with Crippen LogP contribution in [0.2, 0.25) is 5.02 Å². The van der Waals surface area contributed by atoms with Gasteiger partial charge in [-0.2, -0.15) is 13.2 Å². The number of H-pyrrole nitrogens is 1. The molecule has 6 nitrogen and oxygen atoms in total. The van der Waals surface area contributed by atoms with Crippen LogP contribution in [-0.2, 0) is 13.0 Å². The summed E-state index contributed by atoms with van der Waals surface area (Å²) in [6.45, 7) is 3.95.